The number of thioether (sulfide) groups is 1. The summed E-state index contributed by atoms with van der Waals surface area (Å²) in [5.41, 5.74) is 1.77. The molecule has 1 aromatic carbocycles. The van der Waals surface area contributed by atoms with Crippen molar-refractivity contribution in [3.05, 3.63) is 46.8 Å². The van der Waals surface area contributed by atoms with Crippen LogP contribution in [0.4, 0.5) is 0 Å². The molecular weight excluding hydrogens is 468 g/mol. The zero-order valence-electron chi connectivity index (χ0n) is 19.4. The van der Waals surface area contributed by atoms with Gasteiger partial charge in [-0.15, -0.1) is 11.3 Å². The first-order chi connectivity index (χ1) is 16.6. The van der Waals surface area contributed by atoms with Crippen molar-refractivity contribution >= 4 is 39.2 Å². The van der Waals surface area contributed by atoms with Crippen LogP contribution < -0.4 is 5.56 Å². The number of hydrogen-bond acceptors (Lipinski definition) is 7. The van der Waals surface area contributed by atoms with Crippen molar-refractivity contribution in [2.24, 2.45) is 0 Å². The molecule has 2 fully saturated rings. The fourth-order valence-corrected chi connectivity index (χ4v) is 6.56. The molecule has 5 rings (SSSR count). The van der Waals surface area contributed by atoms with E-state index < -0.39 is 0 Å². The number of rotatable bonds is 7. The maximum Gasteiger partial charge on any atom is 0.272 e. The number of benzene rings is 1. The highest BCUT2D eigenvalue weighted by Crippen LogP contribution is 2.33. The minimum Gasteiger partial charge on any atom is -0.379 e. The third kappa shape index (κ3) is 5.07. The molecule has 0 unspecified atom stereocenters. The van der Waals surface area contributed by atoms with E-state index in [1.54, 1.807) is 4.57 Å². The van der Waals surface area contributed by atoms with Crippen molar-refractivity contribution in [1.29, 1.82) is 0 Å². The molecule has 34 heavy (non-hydrogen) atoms. The van der Waals surface area contributed by atoms with Crippen LogP contribution in [0.15, 0.2) is 46.3 Å². The summed E-state index contributed by atoms with van der Waals surface area (Å²) in [6, 6.07) is 12.1. The normalized spacial score (nSPS) is 18.0. The van der Waals surface area contributed by atoms with E-state index >= 15 is 0 Å². The van der Waals surface area contributed by atoms with E-state index in [4.69, 9.17) is 9.72 Å². The van der Waals surface area contributed by atoms with Gasteiger partial charge in [0.25, 0.3) is 5.56 Å². The Morgan fingerprint density at radius 1 is 1.12 bits per heavy atom. The van der Waals surface area contributed by atoms with Crippen LogP contribution in [0.3, 0.4) is 0 Å². The van der Waals surface area contributed by atoms with Crippen LogP contribution in [0.2, 0.25) is 0 Å². The average molecular weight is 499 g/mol. The third-order valence-electron chi connectivity index (χ3n) is 6.45. The summed E-state index contributed by atoms with van der Waals surface area (Å²) in [5, 5.41) is 0.340. The van der Waals surface area contributed by atoms with Gasteiger partial charge in [0.05, 0.1) is 24.0 Å². The molecule has 7 nitrogen and oxygen atoms in total. The number of nitrogens with zero attached hydrogens (tertiary/aromatic N) is 4. The Morgan fingerprint density at radius 2 is 1.85 bits per heavy atom. The number of amides is 1. The van der Waals surface area contributed by atoms with Crippen LogP contribution in [0.5, 0.6) is 0 Å². The van der Waals surface area contributed by atoms with Crippen molar-refractivity contribution in [3.63, 3.8) is 0 Å². The Morgan fingerprint density at radius 3 is 2.59 bits per heavy atom. The summed E-state index contributed by atoms with van der Waals surface area (Å²) in [6.07, 6.45) is 2.13. The Hall–Kier alpha value is -2.20. The predicted octanol–water partition coefficient (Wildman–Crippen LogP) is 3.56. The van der Waals surface area contributed by atoms with Gasteiger partial charge in [0.15, 0.2) is 5.16 Å². The minimum atomic E-state index is -0.288. The molecule has 0 N–H and O–H groups in total. The molecule has 0 saturated carbocycles. The standard InChI is InChI=1S/C25H30N4O3S2/c1-18(23(30)28-9-5-6-10-28)33-25-26-20-17-21(19-7-3-2-4-8-19)34-22(20)24(31)29(25)12-11-27-13-15-32-16-14-27/h2-4,7-8,17-18H,5-6,9-16H2,1H3/t18-/m0/s1. The van der Waals surface area contributed by atoms with Crippen LogP contribution in [-0.4, -0.2) is 76.4 Å². The van der Waals surface area contributed by atoms with Crippen LogP contribution in [0, 0.1) is 0 Å². The second-order valence-corrected chi connectivity index (χ2v) is 11.1. The van der Waals surface area contributed by atoms with E-state index in [0.717, 1.165) is 69.2 Å². The highest BCUT2D eigenvalue weighted by atomic mass is 32.2. The van der Waals surface area contributed by atoms with Gasteiger partial charge in [0, 0.05) is 44.1 Å². The molecular formula is C25H30N4O3S2. The molecule has 1 atom stereocenters. The molecule has 0 bridgehead atoms. The molecule has 3 aromatic rings. The van der Waals surface area contributed by atoms with E-state index in [1.165, 1.54) is 23.1 Å². The predicted molar refractivity (Wildman–Crippen MR) is 138 cm³/mol. The SMILES string of the molecule is C[C@H](Sc1nc2cc(-c3ccccc3)sc2c(=O)n1CCN1CCOCC1)C(=O)N1CCCC1. The van der Waals surface area contributed by atoms with Gasteiger partial charge < -0.3 is 9.64 Å². The molecule has 9 heteroatoms. The lowest BCUT2D eigenvalue weighted by atomic mass is 10.2. The largest absolute Gasteiger partial charge is 0.379 e. The topological polar surface area (TPSA) is 67.7 Å². The molecule has 0 aliphatic carbocycles. The van der Waals surface area contributed by atoms with E-state index in [9.17, 15) is 9.59 Å². The summed E-state index contributed by atoms with van der Waals surface area (Å²) >= 11 is 2.90. The Labute approximate surface area is 207 Å². The van der Waals surface area contributed by atoms with E-state index in [0.29, 0.717) is 21.9 Å². The van der Waals surface area contributed by atoms with Crippen LogP contribution in [0.25, 0.3) is 20.7 Å². The number of likely N-dealkylation sites (tertiary alicyclic amines) is 1. The van der Waals surface area contributed by atoms with Gasteiger partial charge in [-0.3, -0.25) is 19.1 Å². The van der Waals surface area contributed by atoms with Crippen molar-refractivity contribution in [1.82, 2.24) is 19.4 Å². The quantitative estimate of drug-likeness (QED) is 0.367. The van der Waals surface area contributed by atoms with Gasteiger partial charge in [-0.1, -0.05) is 42.1 Å². The van der Waals surface area contributed by atoms with E-state index in [1.807, 2.05) is 48.2 Å². The Balaban J connectivity index is 1.47. The number of hydrogen-bond donors (Lipinski definition) is 0. The van der Waals surface area contributed by atoms with Gasteiger partial charge in [-0.2, -0.15) is 0 Å². The van der Waals surface area contributed by atoms with E-state index in [2.05, 4.69) is 4.90 Å². The lowest BCUT2D eigenvalue weighted by molar-refractivity contribution is -0.129. The highest BCUT2D eigenvalue weighted by Gasteiger charge is 2.26. The van der Waals surface area contributed by atoms with Gasteiger partial charge >= 0.3 is 0 Å². The second kappa shape index (κ2) is 10.6. The van der Waals surface area contributed by atoms with Crippen LogP contribution in [-0.2, 0) is 16.1 Å². The summed E-state index contributed by atoms with van der Waals surface area (Å²) in [6.45, 7) is 8.07. The summed E-state index contributed by atoms with van der Waals surface area (Å²) in [4.78, 5) is 36.8. The summed E-state index contributed by atoms with van der Waals surface area (Å²) in [5.74, 6) is 0.131. The molecule has 2 aromatic heterocycles. The minimum absolute atomic E-state index is 0.0197. The lowest BCUT2D eigenvalue weighted by Crippen LogP contribution is -2.39. The Kier molecular flexibility index (Phi) is 7.34. The zero-order chi connectivity index (χ0) is 23.5. The molecule has 2 aliphatic heterocycles. The number of carbonyl (C=O) groups excluding carboxylic acids is 1. The number of thiophene rings is 1. The van der Waals surface area contributed by atoms with Crippen molar-refractivity contribution in [2.45, 2.75) is 36.7 Å². The van der Waals surface area contributed by atoms with Gasteiger partial charge in [0.1, 0.15) is 4.70 Å². The Bertz CT molecular complexity index is 1200. The number of morpholine rings is 1. The van der Waals surface area contributed by atoms with Gasteiger partial charge in [0.2, 0.25) is 5.91 Å². The summed E-state index contributed by atoms with van der Waals surface area (Å²) in [7, 11) is 0. The van der Waals surface area contributed by atoms with Crippen molar-refractivity contribution in [3.8, 4) is 10.4 Å². The van der Waals surface area contributed by atoms with Crippen LogP contribution >= 0.6 is 23.1 Å². The van der Waals surface area contributed by atoms with Crippen molar-refractivity contribution < 1.29 is 9.53 Å². The number of carbonyl (C=O) groups is 1. The second-order valence-electron chi connectivity index (χ2n) is 8.79. The monoisotopic (exact) mass is 498 g/mol. The third-order valence-corrected chi connectivity index (χ3v) is 8.69. The zero-order valence-corrected chi connectivity index (χ0v) is 21.1. The number of aromatic nitrogens is 2. The van der Waals surface area contributed by atoms with Crippen molar-refractivity contribution in [2.75, 3.05) is 45.9 Å². The fourth-order valence-electron chi connectivity index (χ4n) is 4.49. The maximum atomic E-state index is 13.7. The maximum absolute atomic E-state index is 13.7. The average Bonchev–Trinajstić information content (AvgIpc) is 3.55. The molecule has 1 amide bonds. The molecule has 180 valence electrons. The molecule has 4 heterocycles. The van der Waals surface area contributed by atoms with Gasteiger partial charge in [-0.05, 0) is 31.4 Å². The van der Waals surface area contributed by atoms with Crippen LogP contribution in [0.1, 0.15) is 19.8 Å². The molecule has 2 aliphatic rings. The smallest absolute Gasteiger partial charge is 0.272 e. The highest BCUT2D eigenvalue weighted by molar-refractivity contribution is 8.00. The first kappa shape index (κ1) is 23.5. The van der Waals surface area contributed by atoms with Gasteiger partial charge in [-0.25, -0.2) is 4.98 Å². The number of ether oxygens (including phenoxy) is 1. The lowest BCUT2D eigenvalue weighted by Gasteiger charge is -2.27. The summed E-state index contributed by atoms with van der Waals surface area (Å²) < 4.78 is 7.91. The molecule has 0 spiro atoms. The molecule has 0 radical (unpaired) electrons. The fraction of sp³-hybridized carbons (Fsp3) is 0.480. The first-order valence-corrected chi connectivity index (χ1v) is 13.6. The van der Waals surface area contributed by atoms with E-state index in [-0.39, 0.29) is 16.7 Å². The first-order valence-electron chi connectivity index (χ1n) is 12.0. The molecule has 2 saturated heterocycles. The number of fused-ring (bicyclic) bond motifs is 1.